The van der Waals surface area contributed by atoms with E-state index in [9.17, 15) is 8.63 Å². The molecule has 0 N–H and O–H groups in total. The van der Waals surface area contributed by atoms with E-state index in [0.29, 0.717) is 0 Å². The number of allylic oxidation sites excluding steroid dienone is 2. The third kappa shape index (κ3) is 5.75. The summed E-state index contributed by atoms with van der Waals surface area (Å²) >= 11 is 1.63. The molecule has 5 aliphatic carbocycles. The Bertz CT molecular complexity index is 343. The number of rotatable bonds is 1. The Kier molecular flexibility index (Phi) is 10.2. The molecule has 4 bridgehead atoms. The van der Waals surface area contributed by atoms with Crippen LogP contribution in [0.4, 0.5) is 8.63 Å². The zero-order valence-corrected chi connectivity index (χ0v) is 18.6. The van der Waals surface area contributed by atoms with Gasteiger partial charge in [0.05, 0.1) is 0 Å². The Balaban J connectivity index is 0.000000163. The SMILES string of the molecule is C1=CC2CCC1C2.C1CC2CC1C1CC21.FB(F)CI.[F-].[K+]. The van der Waals surface area contributed by atoms with E-state index in [1.54, 1.807) is 48.3 Å². The first kappa shape index (κ1) is 22.0. The monoisotopic (exact) mass is 450 g/mol. The van der Waals surface area contributed by atoms with Gasteiger partial charge >= 0.3 is 58.7 Å². The van der Waals surface area contributed by atoms with E-state index in [2.05, 4.69) is 12.2 Å². The number of halogens is 4. The first-order chi connectivity index (χ1) is 9.67. The van der Waals surface area contributed by atoms with E-state index >= 15 is 0 Å². The summed E-state index contributed by atoms with van der Waals surface area (Å²) in [5.74, 6) is 6.90. The summed E-state index contributed by atoms with van der Waals surface area (Å²) < 4.78 is 21.5. The molecule has 6 atom stereocenters. The summed E-state index contributed by atoms with van der Waals surface area (Å²) in [5.41, 5.74) is 0. The standard InChI is InChI=1S/C8H12.C7H10.CH2BF2I.FH.K/c1-2-6-3-5(1)7-4-8(6)7;1-2-7-4-3-6(1)5-7;3-2(4)1-5;;/h5-8H,1-4H2;1-2,6-7H,3-5H2;1H2;1H;/q;;;;+1/p-1. The van der Waals surface area contributed by atoms with Crippen molar-refractivity contribution in [2.75, 3.05) is 4.33 Å². The van der Waals surface area contributed by atoms with Crippen LogP contribution >= 0.6 is 22.6 Å². The minimum absolute atomic E-state index is 0. The number of hydrogen-bond acceptors (Lipinski definition) is 0. The molecule has 22 heavy (non-hydrogen) atoms. The van der Waals surface area contributed by atoms with E-state index in [1.807, 2.05) is 0 Å². The van der Waals surface area contributed by atoms with Crippen molar-refractivity contribution in [1.82, 2.24) is 0 Å². The van der Waals surface area contributed by atoms with Crippen LogP contribution in [-0.2, 0) is 0 Å². The van der Waals surface area contributed by atoms with Gasteiger partial charge in [0.2, 0.25) is 0 Å². The van der Waals surface area contributed by atoms with Gasteiger partial charge in [0.15, 0.2) is 0 Å². The summed E-state index contributed by atoms with van der Waals surface area (Å²) in [5, 5.41) is 0. The third-order valence-corrected chi connectivity index (χ3v) is 6.57. The van der Waals surface area contributed by atoms with Gasteiger partial charge in [-0.05, 0) is 80.5 Å². The van der Waals surface area contributed by atoms with Crippen LogP contribution in [0.5, 0.6) is 0 Å². The van der Waals surface area contributed by atoms with E-state index in [4.69, 9.17) is 0 Å². The van der Waals surface area contributed by atoms with Crippen LogP contribution in [0.1, 0.15) is 44.9 Å². The van der Waals surface area contributed by atoms with Crippen LogP contribution in [0.25, 0.3) is 0 Å². The van der Waals surface area contributed by atoms with Crippen LogP contribution in [0.2, 0.25) is 0 Å². The topological polar surface area (TPSA) is 0 Å². The zero-order valence-electron chi connectivity index (χ0n) is 13.4. The summed E-state index contributed by atoms with van der Waals surface area (Å²) in [4.78, 5) is 0. The molecular weight excluding hydrogens is 426 g/mol. The number of hydrogen-bond donors (Lipinski definition) is 0. The van der Waals surface area contributed by atoms with Gasteiger partial charge in [0.25, 0.3) is 0 Å². The van der Waals surface area contributed by atoms with Gasteiger partial charge < -0.3 is 4.70 Å². The molecule has 0 aromatic heterocycles. The molecule has 0 saturated heterocycles. The van der Waals surface area contributed by atoms with E-state index in [0.717, 1.165) is 11.8 Å². The fourth-order valence-electron chi connectivity index (χ4n) is 4.87. The molecule has 0 aromatic rings. The largest absolute Gasteiger partial charge is 1.00 e. The van der Waals surface area contributed by atoms with Gasteiger partial charge in [0.1, 0.15) is 0 Å². The van der Waals surface area contributed by atoms with Gasteiger partial charge in [-0.2, -0.15) is 0 Å². The van der Waals surface area contributed by atoms with E-state index < -0.39 is 7.27 Å². The Morgan fingerprint density at radius 1 is 0.864 bits per heavy atom. The van der Waals surface area contributed by atoms with Crippen molar-refractivity contribution < 1.29 is 64.7 Å². The molecule has 0 radical (unpaired) electrons. The molecule has 5 rings (SSSR count). The second-order valence-electron chi connectivity index (χ2n) is 7.16. The molecule has 4 fully saturated rings. The summed E-state index contributed by atoms with van der Waals surface area (Å²) in [6.07, 6.45) is 15.6. The Labute approximate surface area is 189 Å². The summed E-state index contributed by atoms with van der Waals surface area (Å²) in [6, 6.07) is 0. The Morgan fingerprint density at radius 2 is 1.32 bits per heavy atom. The van der Waals surface area contributed by atoms with E-state index in [-0.39, 0.29) is 60.4 Å². The smallest absolute Gasteiger partial charge is 1.00 e. The Morgan fingerprint density at radius 3 is 1.50 bits per heavy atom. The van der Waals surface area contributed by atoms with Crippen molar-refractivity contribution in [1.29, 1.82) is 0 Å². The minimum atomic E-state index is -2.13. The van der Waals surface area contributed by atoms with Crippen LogP contribution in [-0.4, -0.2) is 11.6 Å². The number of fused-ring (bicyclic) bond motifs is 7. The van der Waals surface area contributed by atoms with Gasteiger partial charge in [-0.25, -0.2) is 0 Å². The van der Waals surface area contributed by atoms with Gasteiger partial charge in [-0.3, -0.25) is 8.63 Å². The predicted molar refractivity (Wildman–Crippen MR) is 89.3 cm³/mol. The van der Waals surface area contributed by atoms with Crippen LogP contribution in [0.3, 0.4) is 0 Å². The molecule has 0 aromatic carbocycles. The quantitative estimate of drug-likeness (QED) is 0.217. The average molecular weight is 450 g/mol. The molecule has 0 nitrogen and oxygen atoms in total. The second kappa shape index (κ2) is 10.2. The van der Waals surface area contributed by atoms with Crippen molar-refractivity contribution in [2.24, 2.45) is 35.5 Å². The van der Waals surface area contributed by atoms with Gasteiger partial charge in [-0.15, -0.1) is 0 Å². The summed E-state index contributed by atoms with van der Waals surface area (Å²) in [6.45, 7) is 0. The molecule has 0 amide bonds. The third-order valence-electron chi connectivity index (χ3n) is 5.90. The molecular formula is C16H24BF3IK. The molecule has 6 heteroatoms. The fourth-order valence-corrected chi connectivity index (χ4v) is 4.87. The molecule has 0 heterocycles. The molecule has 4 saturated carbocycles. The summed E-state index contributed by atoms with van der Waals surface area (Å²) in [7, 11) is -2.13. The van der Waals surface area contributed by atoms with Crippen molar-refractivity contribution >= 4 is 29.9 Å². The van der Waals surface area contributed by atoms with Gasteiger partial charge in [0, 0.05) is 4.33 Å². The predicted octanol–water partition coefficient (Wildman–Crippen LogP) is -0.579. The van der Waals surface area contributed by atoms with Crippen LogP contribution in [0.15, 0.2) is 12.2 Å². The molecule has 120 valence electrons. The molecule has 6 unspecified atom stereocenters. The van der Waals surface area contributed by atoms with Crippen molar-refractivity contribution in [3.05, 3.63) is 12.2 Å². The van der Waals surface area contributed by atoms with Crippen molar-refractivity contribution in [3.63, 3.8) is 0 Å². The molecule has 0 aliphatic heterocycles. The van der Waals surface area contributed by atoms with Gasteiger partial charge in [-0.1, -0.05) is 34.7 Å². The number of alkyl halides is 1. The minimum Gasteiger partial charge on any atom is -1.00 e. The molecule has 0 spiro atoms. The maximum Gasteiger partial charge on any atom is 1.00 e. The van der Waals surface area contributed by atoms with Crippen molar-refractivity contribution in [3.8, 4) is 0 Å². The van der Waals surface area contributed by atoms with Crippen LogP contribution in [0, 0.1) is 35.5 Å². The average Bonchev–Trinajstić information content (AvgIpc) is 2.91. The van der Waals surface area contributed by atoms with E-state index in [1.165, 1.54) is 42.9 Å². The molecule has 5 aliphatic rings. The Hall–Kier alpha value is 1.96. The van der Waals surface area contributed by atoms with Crippen molar-refractivity contribution in [2.45, 2.75) is 44.9 Å². The fraction of sp³-hybridized carbons (Fsp3) is 0.875. The zero-order chi connectivity index (χ0) is 14.1. The van der Waals surface area contributed by atoms with Crippen LogP contribution < -0.4 is 56.1 Å². The normalized spacial score (nSPS) is 40.3. The first-order valence-corrected chi connectivity index (χ1v) is 9.72. The second-order valence-corrected chi connectivity index (χ2v) is 8.04. The maximum atomic E-state index is 10.8. The maximum absolute atomic E-state index is 10.8. The first-order valence-electron chi connectivity index (χ1n) is 8.19.